The van der Waals surface area contributed by atoms with Crippen LogP contribution in [0.25, 0.3) is 9.75 Å². The van der Waals surface area contributed by atoms with Crippen molar-refractivity contribution in [3.05, 3.63) is 58.3 Å². The maximum Gasteiger partial charge on any atom is 0.0448 e. The Morgan fingerprint density at radius 3 is 2.33 bits per heavy atom. The minimum Gasteiger partial charge on any atom is -0.140 e. The van der Waals surface area contributed by atoms with Crippen LogP contribution in [0.15, 0.2) is 43.0 Å². The molecule has 0 amide bonds. The van der Waals surface area contributed by atoms with Gasteiger partial charge in [0.15, 0.2) is 0 Å². The monoisotopic (exact) mass is 358 g/mol. The average Bonchev–Trinajstić information content (AvgIpc) is 3.11. The Kier molecular flexibility index (Phi) is 5.93. The zero-order valence-electron chi connectivity index (χ0n) is 15.9. The van der Waals surface area contributed by atoms with E-state index in [4.69, 9.17) is 0 Å². The van der Waals surface area contributed by atoms with Gasteiger partial charge in [0.2, 0.25) is 0 Å². The molecule has 1 unspecified atom stereocenters. The van der Waals surface area contributed by atoms with Crippen LogP contribution < -0.4 is 0 Å². The van der Waals surface area contributed by atoms with Crippen LogP contribution in [-0.2, 0) is 5.41 Å². The topological polar surface area (TPSA) is 0 Å². The van der Waals surface area contributed by atoms with Crippen LogP contribution in [0.3, 0.4) is 0 Å². The van der Waals surface area contributed by atoms with Gasteiger partial charge in [0.05, 0.1) is 0 Å². The first-order valence-corrected chi connectivity index (χ1v) is 10.3. The van der Waals surface area contributed by atoms with E-state index in [0.29, 0.717) is 0 Å². The molecule has 0 spiro atoms. The smallest absolute Gasteiger partial charge is 0.0448 e. The molecule has 0 N–H and O–H groups in total. The van der Waals surface area contributed by atoms with Crippen LogP contribution in [0.5, 0.6) is 0 Å². The van der Waals surface area contributed by atoms with E-state index in [-0.39, 0.29) is 10.8 Å². The van der Waals surface area contributed by atoms with Gasteiger partial charge >= 0.3 is 0 Å². The van der Waals surface area contributed by atoms with E-state index in [0.717, 1.165) is 12.8 Å². The molecular formula is C22H30S2. The van der Waals surface area contributed by atoms with E-state index in [1.54, 1.807) is 0 Å². The van der Waals surface area contributed by atoms with Crippen LogP contribution in [0.4, 0.5) is 0 Å². The molecule has 0 aliphatic carbocycles. The van der Waals surface area contributed by atoms with Gasteiger partial charge in [-0.2, -0.15) is 0 Å². The Balaban J connectivity index is 2.37. The number of thiophene rings is 2. The van der Waals surface area contributed by atoms with Crippen molar-refractivity contribution in [2.24, 2.45) is 5.41 Å². The third-order valence-corrected chi connectivity index (χ3v) is 7.11. The predicted octanol–water partition coefficient (Wildman–Crippen LogP) is 7.92. The highest BCUT2D eigenvalue weighted by molar-refractivity contribution is 7.22. The summed E-state index contributed by atoms with van der Waals surface area (Å²) >= 11 is 3.84. The molecule has 0 bridgehead atoms. The fourth-order valence-electron chi connectivity index (χ4n) is 3.57. The summed E-state index contributed by atoms with van der Waals surface area (Å²) in [4.78, 5) is 5.66. The Labute approximate surface area is 155 Å². The van der Waals surface area contributed by atoms with Gasteiger partial charge in [-0.25, -0.2) is 0 Å². The summed E-state index contributed by atoms with van der Waals surface area (Å²) in [6.07, 6.45) is 8.54. The SMILES string of the molecule is C=C/C=C/C(C)(C)CC(C)(CC)c1cc(-c2ccc(C)s2)sc1C. The van der Waals surface area contributed by atoms with Crippen LogP contribution in [0.2, 0.25) is 0 Å². The van der Waals surface area contributed by atoms with Crippen molar-refractivity contribution in [3.8, 4) is 9.75 Å². The first-order chi connectivity index (χ1) is 11.2. The molecule has 2 heterocycles. The molecule has 2 rings (SSSR count). The van der Waals surface area contributed by atoms with E-state index in [1.165, 1.54) is 25.1 Å². The molecule has 0 aliphatic rings. The van der Waals surface area contributed by atoms with Gasteiger partial charge in [0.25, 0.3) is 0 Å². The second-order valence-electron chi connectivity index (χ2n) is 7.67. The zero-order valence-corrected chi connectivity index (χ0v) is 17.5. The lowest BCUT2D eigenvalue weighted by Crippen LogP contribution is -2.28. The molecule has 0 aliphatic heterocycles. The molecule has 0 saturated carbocycles. The third kappa shape index (κ3) is 4.29. The Morgan fingerprint density at radius 1 is 1.08 bits per heavy atom. The summed E-state index contributed by atoms with van der Waals surface area (Å²) in [5, 5.41) is 0. The number of rotatable bonds is 7. The van der Waals surface area contributed by atoms with Gasteiger partial charge in [-0.3, -0.25) is 0 Å². The average molecular weight is 359 g/mol. The van der Waals surface area contributed by atoms with Gasteiger partial charge in [0.1, 0.15) is 0 Å². The fraction of sp³-hybridized carbons (Fsp3) is 0.455. The number of hydrogen-bond donors (Lipinski definition) is 0. The summed E-state index contributed by atoms with van der Waals surface area (Å²) in [5.74, 6) is 0. The minimum absolute atomic E-state index is 0.160. The molecule has 0 saturated heterocycles. The van der Waals surface area contributed by atoms with Gasteiger partial charge in [0, 0.05) is 19.5 Å². The highest BCUT2D eigenvalue weighted by Crippen LogP contribution is 2.46. The van der Waals surface area contributed by atoms with Gasteiger partial charge in [-0.1, -0.05) is 52.5 Å². The predicted molar refractivity (Wildman–Crippen MR) is 112 cm³/mol. The fourth-order valence-corrected chi connectivity index (χ4v) is 5.69. The van der Waals surface area contributed by atoms with Crippen molar-refractivity contribution in [1.29, 1.82) is 0 Å². The van der Waals surface area contributed by atoms with E-state index >= 15 is 0 Å². The van der Waals surface area contributed by atoms with Crippen molar-refractivity contribution < 1.29 is 0 Å². The normalized spacial score (nSPS) is 14.9. The van der Waals surface area contributed by atoms with E-state index in [9.17, 15) is 0 Å². The summed E-state index contributed by atoms with van der Waals surface area (Å²) in [7, 11) is 0. The number of aryl methyl sites for hydroxylation is 2. The maximum atomic E-state index is 3.81. The Morgan fingerprint density at radius 2 is 1.79 bits per heavy atom. The van der Waals surface area contributed by atoms with E-state index < -0.39 is 0 Å². The third-order valence-electron chi connectivity index (χ3n) is 4.86. The molecule has 0 nitrogen and oxygen atoms in total. The summed E-state index contributed by atoms with van der Waals surface area (Å²) in [6.45, 7) is 17.7. The lowest BCUT2D eigenvalue weighted by Gasteiger charge is -2.36. The highest BCUT2D eigenvalue weighted by atomic mass is 32.1. The second kappa shape index (κ2) is 7.41. The molecule has 0 aromatic carbocycles. The second-order valence-corrected chi connectivity index (χ2v) is 10.2. The zero-order chi connectivity index (χ0) is 18.0. The lowest BCUT2D eigenvalue weighted by molar-refractivity contribution is 0.293. The summed E-state index contributed by atoms with van der Waals surface area (Å²) in [5.41, 5.74) is 1.88. The van der Waals surface area contributed by atoms with Crippen LogP contribution >= 0.6 is 22.7 Å². The highest BCUT2D eigenvalue weighted by Gasteiger charge is 2.33. The van der Waals surface area contributed by atoms with Gasteiger partial charge in [-0.05, 0) is 61.3 Å². The Hall–Kier alpha value is -1.12. The molecule has 0 fully saturated rings. The van der Waals surface area contributed by atoms with Crippen molar-refractivity contribution in [1.82, 2.24) is 0 Å². The van der Waals surface area contributed by atoms with Gasteiger partial charge in [-0.15, -0.1) is 22.7 Å². The van der Waals surface area contributed by atoms with Crippen molar-refractivity contribution in [2.45, 2.75) is 59.8 Å². The molecule has 130 valence electrons. The molecule has 2 heteroatoms. The number of hydrogen-bond acceptors (Lipinski definition) is 2. The first kappa shape index (κ1) is 19.2. The first-order valence-electron chi connectivity index (χ1n) is 8.69. The summed E-state index contributed by atoms with van der Waals surface area (Å²) < 4.78 is 0. The van der Waals surface area contributed by atoms with Crippen molar-refractivity contribution in [3.63, 3.8) is 0 Å². The van der Waals surface area contributed by atoms with E-state index in [1.807, 2.05) is 28.7 Å². The lowest BCUT2D eigenvalue weighted by atomic mass is 9.68. The molecule has 2 aromatic heterocycles. The van der Waals surface area contributed by atoms with Crippen LogP contribution in [-0.4, -0.2) is 0 Å². The van der Waals surface area contributed by atoms with Crippen LogP contribution in [0.1, 0.15) is 55.9 Å². The molecule has 2 aromatic rings. The van der Waals surface area contributed by atoms with E-state index in [2.05, 4.69) is 78.5 Å². The molecule has 0 radical (unpaired) electrons. The minimum atomic E-state index is 0.160. The van der Waals surface area contributed by atoms with Crippen LogP contribution in [0, 0.1) is 19.3 Å². The van der Waals surface area contributed by atoms with Crippen molar-refractivity contribution >= 4 is 22.7 Å². The molecular weight excluding hydrogens is 328 g/mol. The quantitative estimate of drug-likeness (QED) is 0.441. The largest absolute Gasteiger partial charge is 0.140 e. The molecule has 24 heavy (non-hydrogen) atoms. The van der Waals surface area contributed by atoms with Crippen molar-refractivity contribution in [2.75, 3.05) is 0 Å². The van der Waals surface area contributed by atoms with Gasteiger partial charge < -0.3 is 0 Å². The Bertz CT molecular complexity index is 727. The maximum absolute atomic E-state index is 3.81. The molecule has 1 atom stereocenters. The standard InChI is InChI=1S/C22H30S2/c1-8-10-13-21(5,6)15-22(7,9-2)18-14-20(24-17(18)4)19-12-11-16(3)23-19/h8,10-14H,1,9,15H2,2-7H3/b13-10+. The number of allylic oxidation sites excluding steroid dienone is 3. The summed E-state index contributed by atoms with van der Waals surface area (Å²) in [6, 6.07) is 6.92.